The summed E-state index contributed by atoms with van der Waals surface area (Å²) in [6.45, 7) is 1.94. The van der Waals surface area contributed by atoms with Gasteiger partial charge in [-0.25, -0.2) is 0 Å². The lowest BCUT2D eigenvalue weighted by Crippen LogP contribution is -1.94. The van der Waals surface area contributed by atoms with E-state index in [0.29, 0.717) is 5.75 Å². The largest absolute Gasteiger partial charge is 0.504 e. The average molecular weight is 182 g/mol. The van der Waals surface area contributed by atoms with Crippen LogP contribution in [0.15, 0.2) is 12.1 Å². The molecular weight excluding hydrogens is 168 g/mol. The third-order valence-corrected chi connectivity index (χ3v) is 2.05. The lowest BCUT2D eigenvalue weighted by Gasteiger charge is -2.09. The molecule has 0 aromatic heterocycles. The maximum atomic E-state index is 9.41. The first-order valence-corrected chi connectivity index (χ1v) is 4.22. The molecule has 0 spiro atoms. The summed E-state index contributed by atoms with van der Waals surface area (Å²) in [5, 5.41) is 18.4. The van der Waals surface area contributed by atoms with E-state index in [4.69, 9.17) is 9.84 Å². The average Bonchev–Trinajstić information content (AvgIpc) is 2.17. The number of benzene rings is 1. The van der Waals surface area contributed by atoms with Crippen LogP contribution >= 0.6 is 0 Å². The number of ether oxygens (including phenoxy) is 1. The molecule has 2 N–H and O–H groups in total. The predicted molar refractivity (Wildman–Crippen MR) is 50.0 cm³/mol. The van der Waals surface area contributed by atoms with Gasteiger partial charge in [-0.3, -0.25) is 0 Å². The van der Waals surface area contributed by atoms with Crippen molar-refractivity contribution in [2.24, 2.45) is 0 Å². The number of hydrogen-bond acceptors (Lipinski definition) is 3. The quantitative estimate of drug-likeness (QED) is 0.744. The number of aryl methyl sites for hydroxylation is 1. The van der Waals surface area contributed by atoms with E-state index in [1.807, 2.05) is 6.92 Å². The number of phenolic OH excluding ortho intramolecular Hbond substituents is 1. The third kappa shape index (κ3) is 1.92. The molecule has 1 aromatic carbocycles. The summed E-state index contributed by atoms with van der Waals surface area (Å²) >= 11 is 0. The summed E-state index contributed by atoms with van der Waals surface area (Å²) < 4.78 is 4.96. The highest BCUT2D eigenvalue weighted by Gasteiger charge is 2.07. The van der Waals surface area contributed by atoms with Gasteiger partial charge in [-0.15, -0.1) is 0 Å². The molecule has 0 radical (unpaired) electrons. The minimum atomic E-state index is -0.0548. The fourth-order valence-corrected chi connectivity index (χ4v) is 1.29. The standard InChI is InChI=1S/C10H14O3/c1-3-7-5-10(13-2)9(12)4-8(7)6-11/h4-5,11-12H,3,6H2,1-2H3. The lowest BCUT2D eigenvalue weighted by atomic mass is 10.0. The van der Waals surface area contributed by atoms with Gasteiger partial charge >= 0.3 is 0 Å². The predicted octanol–water partition coefficient (Wildman–Crippen LogP) is 1.46. The Hall–Kier alpha value is -1.22. The molecule has 0 atom stereocenters. The molecule has 0 aliphatic rings. The summed E-state index contributed by atoms with van der Waals surface area (Å²) in [6, 6.07) is 3.29. The highest BCUT2D eigenvalue weighted by molar-refractivity contribution is 5.46. The summed E-state index contributed by atoms with van der Waals surface area (Å²) in [4.78, 5) is 0. The molecule has 72 valence electrons. The molecule has 0 unspecified atom stereocenters. The number of hydrogen-bond donors (Lipinski definition) is 2. The van der Waals surface area contributed by atoms with Crippen molar-refractivity contribution in [3.63, 3.8) is 0 Å². The van der Waals surface area contributed by atoms with Gasteiger partial charge in [0.2, 0.25) is 0 Å². The lowest BCUT2D eigenvalue weighted by molar-refractivity contribution is 0.279. The Bertz CT molecular complexity index is 294. The van der Waals surface area contributed by atoms with E-state index < -0.39 is 0 Å². The van der Waals surface area contributed by atoms with E-state index in [0.717, 1.165) is 17.5 Å². The van der Waals surface area contributed by atoms with Crippen LogP contribution in [0, 0.1) is 0 Å². The first-order valence-electron chi connectivity index (χ1n) is 4.22. The zero-order valence-electron chi connectivity index (χ0n) is 7.87. The zero-order chi connectivity index (χ0) is 9.84. The molecule has 0 saturated heterocycles. The molecule has 1 rings (SSSR count). The maximum absolute atomic E-state index is 9.41. The Morgan fingerprint density at radius 3 is 2.46 bits per heavy atom. The van der Waals surface area contributed by atoms with Gasteiger partial charge in [0.25, 0.3) is 0 Å². The van der Waals surface area contributed by atoms with Crippen LogP contribution < -0.4 is 4.74 Å². The second-order valence-electron chi connectivity index (χ2n) is 2.80. The molecule has 0 aliphatic carbocycles. The van der Waals surface area contributed by atoms with Crippen LogP contribution in [0.4, 0.5) is 0 Å². The van der Waals surface area contributed by atoms with E-state index in [9.17, 15) is 5.11 Å². The molecule has 0 heterocycles. The number of rotatable bonds is 3. The van der Waals surface area contributed by atoms with Crippen LogP contribution in [0.3, 0.4) is 0 Å². The van der Waals surface area contributed by atoms with Crippen LogP contribution in [0.25, 0.3) is 0 Å². The van der Waals surface area contributed by atoms with Crippen molar-refractivity contribution >= 4 is 0 Å². The van der Waals surface area contributed by atoms with Gasteiger partial charge in [0.15, 0.2) is 11.5 Å². The number of aliphatic hydroxyl groups excluding tert-OH is 1. The van der Waals surface area contributed by atoms with Crippen molar-refractivity contribution in [3.05, 3.63) is 23.3 Å². The number of methoxy groups -OCH3 is 1. The summed E-state index contributed by atoms with van der Waals surface area (Å²) in [6.07, 6.45) is 0.812. The SMILES string of the molecule is CCc1cc(OC)c(O)cc1CO. The first-order chi connectivity index (χ1) is 6.22. The molecule has 0 aliphatic heterocycles. The van der Waals surface area contributed by atoms with Crippen molar-refractivity contribution < 1.29 is 14.9 Å². The molecule has 0 amide bonds. The Morgan fingerprint density at radius 2 is 2.00 bits per heavy atom. The molecule has 3 nitrogen and oxygen atoms in total. The molecule has 0 fully saturated rings. The Kier molecular flexibility index (Phi) is 3.14. The number of aromatic hydroxyl groups is 1. The number of phenols is 1. The zero-order valence-corrected chi connectivity index (χ0v) is 7.87. The minimum Gasteiger partial charge on any atom is -0.504 e. The van der Waals surface area contributed by atoms with E-state index in [2.05, 4.69) is 0 Å². The molecular formula is C10H14O3. The first kappa shape index (κ1) is 9.86. The van der Waals surface area contributed by atoms with E-state index in [1.54, 1.807) is 6.07 Å². The highest BCUT2D eigenvalue weighted by atomic mass is 16.5. The smallest absolute Gasteiger partial charge is 0.160 e. The summed E-state index contributed by atoms with van der Waals surface area (Å²) in [5.41, 5.74) is 1.75. The topological polar surface area (TPSA) is 49.7 Å². The second-order valence-corrected chi connectivity index (χ2v) is 2.80. The van der Waals surface area contributed by atoms with E-state index in [-0.39, 0.29) is 12.4 Å². The van der Waals surface area contributed by atoms with Crippen LogP contribution in [-0.2, 0) is 13.0 Å². The highest BCUT2D eigenvalue weighted by Crippen LogP contribution is 2.29. The van der Waals surface area contributed by atoms with Gasteiger partial charge in [0, 0.05) is 0 Å². The minimum absolute atomic E-state index is 0.0548. The Morgan fingerprint density at radius 1 is 1.31 bits per heavy atom. The van der Waals surface area contributed by atoms with Crippen LogP contribution in [0.5, 0.6) is 11.5 Å². The van der Waals surface area contributed by atoms with Crippen LogP contribution in [-0.4, -0.2) is 17.3 Å². The fraction of sp³-hybridized carbons (Fsp3) is 0.400. The van der Waals surface area contributed by atoms with Crippen molar-refractivity contribution in [2.45, 2.75) is 20.0 Å². The van der Waals surface area contributed by atoms with Crippen molar-refractivity contribution in [2.75, 3.05) is 7.11 Å². The van der Waals surface area contributed by atoms with Gasteiger partial charge in [-0.1, -0.05) is 6.92 Å². The van der Waals surface area contributed by atoms with Gasteiger partial charge in [-0.2, -0.15) is 0 Å². The summed E-state index contributed by atoms with van der Waals surface area (Å²) in [5.74, 6) is 0.526. The van der Waals surface area contributed by atoms with Gasteiger partial charge < -0.3 is 14.9 Å². The van der Waals surface area contributed by atoms with Crippen LogP contribution in [0.2, 0.25) is 0 Å². The Balaban J connectivity index is 3.18. The molecule has 0 bridgehead atoms. The molecule has 13 heavy (non-hydrogen) atoms. The van der Waals surface area contributed by atoms with Gasteiger partial charge in [0.05, 0.1) is 13.7 Å². The number of aliphatic hydroxyl groups is 1. The van der Waals surface area contributed by atoms with Gasteiger partial charge in [0.1, 0.15) is 0 Å². The third-order valence-electron chi connectivity index (χ3n) is 2.05. The van der Waals surface area contributed by atoms with E-state index >= 15 is 0 Å². The molecule has 1 aromatic rings. The van der Waals surface area contributed by atoms with Crippen molar-refractivity contribution in [3.8, 4) is 11.5 Å². The fourth-order valence-electron chi connectivity index (χ4n) is 1.29. The summed E-state index contributed by atoms with van der Waals surface area (Å²) in [7, 11) is 1.51. The molecule has 3 heteroatoms. The van der Waals surface area contributed by atoms with E-state index in [1.165, 1.54) is 13.2 Å². The monoisotopic (exact) mass is 182 g/mol. The van der Waals surface area contributed by atoms with Crippen LogP contribution in [0.1, 0.15) is 18.1 Å². The maximum Gasteiger partial charge on any atom is 0.160 e. The van der Waals surface area contributed by atoms with Gasteiger partial charge in [-0.05, 0) is 29.7 Å². The van der Waals surface area contributed by atoms with Crippen molar-refractivity contribution in [1.29, 1.82) is 0 Å². The normalized spacial score (nSPS) is 10.1. The Labute approximate surface area is 77.6 Å². The van der Waals surface area contributed by atoms with Crippen molar-refractivity contribution in [1.82, 2.24) is 0 Å². The second kappa shape index (κ2) is 4.14. The molecule has 0 saturated carbocycles.